The summed E-state index contributed by atoms with van der Waals surface area (Å²) < 4.78 is 0.955. The minimum absolute atomic E-state index is 0.110. The van der Waals surface area contributed by atoms with Gasteiger partial charge in [0.05, 0.1) is 11.7 Å². The summed E-state index contributed by atoms with van der Waals surface area (Å²) >= 11 is 9.28. The summed E-state index contributed by atoms with van der Waals surface area (Å²) in [7, 11) is 0. The van der Waals surface area contributed by atoms with E-state index in [4.69, 9.17) is 17.3 Å². The summed E-state index contributed by atoms with van der Waals surface area (Å²) in [5.41, 5.74) is 8.11. The number of aromatic nitrogens is 1. The molecule has 1 aromatic heterocycles. The molecule has 2 N–H and O–H groups in total. The Hall–Kier alpha value is -0.900. The van der Waals surface area contributed by atoms with Gasteiger partial charge in [-0.1, -0.05) is 23.7 Å². The Morgan fingerprint density at radius 2 is 2.12 bits per heavy atom. The first-order valence-electron chi connectivity index (χ1n) is 5.26. The molecule has 88 valence electrons. The fourth-order valence-corrected chi connectivity index (χ4v) is 2.08. The summed E-state index contributed by atoms with van der Waals surface area (Å²) in [6.07, 6.45) is 2.49. The zero-order chi connectivity index (χ0) is 12.3. The number of nitrogens with zero attached hydrogens (tertiary/aromatic N) is 1. The molecule has 17 heavy (non-hydrogen) atoms. The number of benzene rings is 1. The fraction of sp³-hybridized carbons (Fsp3) is 0.154. The van der Waals surface area contributed by atoms with Crippen molar-refractivity contribution in [3.8, 4) is 0 Å². The zero-order valence-corrected chi connectivity index (χ0v) is 11.4. The molecule has 1 aromatic carbocycles. The third kappa shape index (κ3) is 3.53. The second-order valence-electron chi connectivity index (χ2n) is 3.84. The summed E-state index contributed by atoms with van der Waals surface area (Å²) in [5.74, 6) is 0. The highest BCUT2D eigenvalue weighted by Crippen LogP contribution is 2.18. The van der Waals surface area contributed by atoms with Crippen LogP contribution in [0.4, 0.5) is 0 Å². The highest BCUT2D eigenvalue weighted by atomic mass is 79.9. The Morgan fingerprint density at radius 1 is 1.29 bits per heavy atom. The quantitative estimate of drug-likeness (QED) is 0.938. The van der Waals surface area contributed by atoms with Crippen molar-refractivity contribution < 1.29 is 0 Å². The second kappa shape index (κ2) is 5.63. The predicted molar refractivity (Wildman–Crippen MR) is 74.0 cm³/mol. The maximum atomic E-state index is 6.11. The third-order valence-corrected chi connectivity index (χ3v) is 3.18. The Labute approximate surface area is 114 Å². The molecule has 0 fully saturated rings. The number of hydrogen-bond acceptors (Lipinski definition) is 2. The van der Waals surface area contributed by atoms with Crippen molar-refractivity contribution in [2.75, 3.05) is 0 Å². The molecule has 2 rings (SSSR count). The Kier molecular flexibility index (Phi) is 4.15. The van der Waals surface area contributed by atoms with E-state index in [1.165, 1.54) is 0 Å². The normalized spacial score (nSPS) is 12.4. The molecule has 0 aliphatic heterocycles. The Bertz CT molecular complexity index is 499. The molecule has 0 aliphatic rings. The molecule has 0 saturated heterocycles. The first kappa shape index (κ1) is 12.6. The number of rotatable bonds is 3. The van der Waals surface area contributed by atoms with Crippen LogP contribution in [-0.4, -0.2) is 4.98 Å². The van der Waals surface area contributed by atoms with Crippen LogP contribution >= 0.6 is 27.5 Å². The first-order valence-corrected chi connectivity index (χ1v) is 6.44. The molecule has 0 amide bonds. The van der Waals surface area contributed by atoms with Crippen molar-refractivity contribution in [3.63, 3.8) is 0 Å². The Balaban J connectivity index is 2.11. The lowest BCUT2D eigenvalue weighted by Crippen LogP contribution is -2.14. The van der Waals surface area contributed by atoms with Gasteiger partial charge in [-0.2, -0.15) is 0 Å². The van der Waals surface area contributed by atoms with E-state index in [1.54, 1.807) is 6.20 Å². The van der Waals surface area contributed by atoms with Gasteiger partial charge in [-0.15, -0.1) is 0 Å². The first-order chi connectivity index (χ1) is 8.15. The standard InChI is InChI=1S/C13H12BrClN2/c14-10-4-5-13(17-8-10)12(16)7-9-2-1-3-11(15)6-9/h1-6,8,12H,7,16H2. The average molecular weight is 312 g/mol. The van der Waals surface area contributed by atoms with Crippen LogP contribution in [0, 0.1) is 0 Å². The highest BCUT2D eigenvalue weighted by molar-refractivity contribution is 9.10. The monoisotopic (exact) mass is 310 g/mol. The number of nitrogens with two attached hydrogens (primary N) is 1. The van der Waals surface area contributed by atoms with Crippen LogP contribution in [0.3, 0.4) is 0 Å². The van der Waals surface area contributed by atoms with E-state index in [1.807, 2.05) is 36.4 Å². The molecule has 0 bridgehead atoms. The molecule has 0 aliphatic carbocycles. The van der Waals surface area contributed by atoms with Crippen LogP contribution in [0.1, 0.15) is 17.3 Å². The van der Waals surface area contributed by atoms with Crippen LogP contribution < -0.4 is 5.73 Å². The summed E-state index contributed by atoms with van der Waals surface area (Å²) in [4.78, 5) is 4.29. The predicted octanol–water partition coefficient (Wildman–Crippen LogP) is 3.74. The van der Waals surface area contributed by atoms with E-state index in [9.17, 15) is 0 Å². The largest absolute Gasteiger partial charge is 0.322 e. The lowest BCUT2D eigenvalue weighted by molar-refractivity contribution is 0.696. The molecular weight excluding hydrogens is 300 g/mol. The van der Waals surface area contributed by atoms with Crippen LogP contribution in [0.2, 0.25) is 5.02 Å². The van der Waals surface area contributed by atoms with Gasteiger partial charge in [0.25, 0.3) is 0 Å². The van der Waals surface area contributed by atoms with Crippen molar-refractivity contribution in [2.24, 2.45) is 5.73 Å². The number of halogens is 2. The number of pyridine rings is 1. The summed E-state index contributed by atoms with van der Waals surface area (Å²) in [5, 5.41) is 0.735. The van der Waals surface area contributed by atoms with Gasteiger partial charge in [-0.25, -0.2) is 0 Å². The van der Waals surface area contributed by atoms with E-state index in [-0.39, 0.29) is 6.04 Å². The smallest absolute Gasteiger partial charge is 0.0575 e. The van der Waals surface area contributed by atoms with Crippen LogP contribution in [0.5, 0.6) is 0 Å². The fourth-order valence-electron chi connectivity index (χ4n) is 1.63. The lowest BCUT2D eigenvalue weighted by Gasteiger charge is -2.11. The molecule has 2 aromatic rings. The van der Waals surface area contributed by atoms with Crippen LogP contribution in [0.25, 0.3) is 0 Å². The molecule has 1 unspecified atom stereocenters. The average Bonchev–Trinajstić information content (AvgIpc) is 2.29. The van der Waals surface area contributed by atoms with Crippen LogP contribution in [0.15, 0.2) is 47.1 Å². The summed E-state index contributed by atoms with van der Waals surface area (Å²) in [6, 6.07) is 11.5. The van der Waals surface area contributed by atoms with Gasteiger partial charge in [0.2, 0.25) is 0 Å². The molecule has 1 atom stereocenters. The van der Waals surface area contributed by atoms with Crippen molar-refractivity contribution in [3.05, 3.63) is 63.3 Å². The van der Waals surface area contributed by atoms with Crippen molar-refractivity contribution >= 4 is 27.5 Å². The summed E-state index contributed by atoms with van der Waals surface area (Å²) in [6.45, 7) is 0. The maximum absolute atomic E-state index is 6.11. The molecule has 4 heteroatoms. The van der Waals surface area contributed by atoms with Gasteiger partial charge in [-0.05, 0) is 52.2 Å². The van der Waals surface area contributed by atoms with E-state index in [0.29, 0.717) is 0 Å². The van der Waals surface area contributed by atoms with Gasteiger partial charge in [0, 0.05) is 15.7 Å². The number of hydrogen-bond donors (Lipinski definition) is 1. The van der Waals surface area contributed by atoms with Crippen molar-refractivity contribution in [2.45, 2.75) is 12.5 Å². The van der Waals surface area contributed by atoms with E-state index >= 15 is 0 Å². The SMILES string of the molecule is NC(Cc1cccc(Cl)c1)c1ccc(Br)cn1. The molecule has 0 saturated carbocycles. The van der Waals surface area contributed by atoms with Crippen molar-refractivity contribution in [1.29, 1.82) is 0 Å². The van der Waals surface area contributed by atoms with Gasteiger partial charge in [0.1, 0.15) is 0 Å². The van der Waals surface area contributed by atoms with Gasteiger partial charge in [-0.3, -0.25) is 4.98 Å². The Morgan fingerprint density at radius 3 is 2.76 bits per heavy atom. The van der Waals surface area contributed by atoms with Crippen LogP contribution in [-0.2, 0) is 6.42 Å². The zero-order valence-electron chi connectivity index (χ0n) is 9.11. The van der Waals surface area contributed by atoms with Crippen molar-refractivity contribution in [1.82, 2.24) is 4.98 Å². The highest BCUT2D eigenvalue weighted by Gasteiger charge is 2.08. The molecule has 1 heterocycles. The lowest BCUT2D eigenvalue weighted by atomic mass is 10.0. The maximum Gasteiger partial charge on any atom is 0.0575 e. The molecule has 0 spiro atoms. The molecular formula is C13H12BrClN2. The minimum Gasteiger partial charge on any atom is -0.322 e. The van der Waals surface area contributed by atoms with Gasteiger partial charge >= 0.3 is 0 Å². The van der Waals surface area contributed by atoms with E-state index in [2.05, 4.69) is 20.9 Å². The topological polar surface area (TPSA) is 38.9 Å². The minimum atomic E-state index is -0.110. The third-order valence-electron chi connectivity index (χ3n) is 2.47. The second-order valence-corrected chi connectivity index (χ2v) is 5.19. The van der Waals surface area contributed by atoms with Gasteiger partial charge < -0.3 is 5.73 Å². The van der Waals surface area contributed by atoms with E-state index < -0.39 is 0 Å². The molecule has 0 radical (unpaired) electrons. The molecule has 2 nitrogen and oxygen atoms in total. The van der Waals surface area contributed by atoms with Gasteiger partial charge in [0.15, 0.2) is 0 Å². The van der Waals surface area contributed by atoms with E-state index in [0.717, 1.165) is 27.2 Å².